The van der Waals surface area contributed by atoms with Gasteiger partial charge in [-0.05, 0) is 18.1 Å². The van der Waals surface area contributed by atoms with Crippen molar-refractivity contribution in [3.8, 4) is 11.1 Å². The van der Waals surface area contributed by atoms with Gasteiger partial charge in [-0.15, -0.1) is 0 Å². The van der Waals surface area contributed by atoms with Crippen molar-refractivity contribution >= 4 is 27.5 Å². The van der Waals surface area contributed by atoms with Crippen LogP contribution in [0.2, 0.25) is 0 Å². The Kier molecular flexibility index (Phi) is 2.51. The molecule has 0 saturated carbocycles. The monoisotopic (exact) mass is 276 g/mol. The van der Waals surface area contributed by atoms with Gasteiger partial charge in [0.15, 0.2) is 0 Å². The van der Waals surface area contributed by atoms with E-state index in [2.05, 4.69) is 41.4 Å². The van der Waals surface area contributed by atoms with Gasteiger partial charge in [-0.3, -0.25) is 0 Å². The van der Waals surface area contributed by atoms with Gasteiger partial charge >= 0.3 is 0 Å². The lowest BCUT2D eigenvalue weighted by Gasteiger charge is -2.04. The zero-order valence-corrected chi connectivity index (χ0v) is 11.8. The number of rotatable bonds is 2. The molecule has 21 heavy (non-hydrogen) atoms. The first-order valence-corrected chi connectivity index (χ1v) is 7.11. The van der Waals surface area contributed by atoms with E-state index < -0.39 is 0 Å². The predicted molar refractivity (Wildman–Crippen MR) is 87.2 cm³/mol. The molecule has 0 aliphatic carbocycles. The topological polar surface area (TPSA) is 70.5 Å². The van der Waals surface area contributed by atoms with Crippen LogP contribution in [-0.2, 0) is 6.42 Å². The molecule has 0 fully saturated rings. The van der Waals surface area contributed by atoms with Crippen molar-refractivity contribution in [2.45, 2.75) is 13.3 Å². The second kappa shape index (κ2) is 4.38. The van der Waals surface area contributed by atoms with E-state index >= 15 is 0 Å². The van der Waals surface area contributed by atoms with E-state index in [1.54, 1.807) is 0 Å². The van der Waals surface area contributed by atoms with E-state index in [0.717, 1.165) is 39.6 Å². The highest BCUT2D eigenvalue weighted by atomic mass is 15.1. The molecule has 4 heteroatoms. The summed E-state index contributed by atoms with van der Waals surface area (Å²) in [5, 5.41) is 8.45. The van der Waals surface area contributed by atoms with Crippen LogP contribution >= 0.6 is 0 Å². The van der Waals surface area contributed by atoms with Crippen molar-refractivity contribution in [2.75, 3.05) is 5.73 Å². The van der Waals surface area contributed by atoms with Crippen LogP contribution in [0, 0.1) is 0 Å². The average molecular weight is 276 g/mol. The van der Waals surface area contributed by atoms with E-state index in [9.17, 15) is 0 Å². The lowest BCUT2D eigenvalue weighted by molar-refractivity contribution is 1.08. The van der Waals surface area contributed by atoms with Crippen LogP contribution in [-0.4, -0.2) is 15.2 Å². The molecule has 0 bridgehead atoms. The van der Waals surface area contributed by atoms with Crippen LogP contribution < -0.4 is 5.73 Å². The summed E-state index contributed by atoms with van der Waals surface area (Å²) in [7, 11) is 0. The molecular formula is C17H16N4. The number of anilines is 1. The molecule has 0 unspecified atom stereocenters. The normalized spacial score (nSPS) is 11.5. The number of aryl methyl sites for hydroxylation is 1. The molecule has 4 aromatic rings. The minimum absolute atomic E-state index is 0.724. The van der Waals surface area contributed by atoms with Crippen LogP contribution in [0.15, 0.2) is 42.6 Å². The average Bonchev–Trinajstić information content (AvgIpc) is 3.11. The molecule has 0 radical (unpaired) electrons. The number of aromatic amines is 2. The molecule has 2 heterocycles. The van der Waals surface area contributed by atoms with E-state index in [1.165, 1.54) is 11.1 Å². The van der Waals surface area contributed by atoms with Crippen LogP contribution in [0.4, 0.5) is 5.69 Å². The Morgan fingerprint density at radius 1 is 1.19 bits per heavy atom. The summed E-state index contributed by atoms with van der Waals surface area (Å²) in [6, 6.07) is 12.3. The minimum atomic E-state index is 0.724. The Morgan fingerprint density at radius 2 is 2.00 bits per heavy atom. The van der Waals surface area contributed by atoms with Gasteiger partial charge in [0.1, 0.15) is 0 Å². The van der Waals surface area contributed by atoms with E-state index in [1.807, 2.05) is 18.3 Å². The Labute approximate surface area is 122 Å². The quantitative estimate of drug-likeness (QED) is 0.486. The number of nitrogens with zero attached hydrogens (tertiary/aromatic N) is 1. The Bertz CT molecular complexity index is 932. The fourth-order valence-electron chi connectivity index (χ4n) is 3.02. The smallest absolute Gasteiger partial charge is 0.0963 e. The van der Waals surface area contributed by atoms with Crippen LogP contribution in [0.5, 0.6) is 0 Å². The Morgan fingerprint density at radius 3 is 2.76 bits per heavy atom. The number of nitrogens with two attached hydrogens (primary N) is 1. The Balaban J connectivity index is 2.22. The van der Waals surface area contributed by atoms with Crippen LogP contribution in [0.25, 0.3) is 32.9 Å². The molecule has 0 aliphatic rings. The molecule has 0 atom stereocenters. The third-order valence-corrected chi connectivity index (χ3v) is 3.97. The minimum Gasteiger partial charge on any atom is -0.397 e. The zero-order valence-electron chi connectivity index (χ0n) is 11.8. The number of benzene rings is 2. The van der Waals surface area contributed by atoms with Crippen molar-refractivity contribution < 1.29 is 0 Å². The van der Waals surface area contributed by atoms with E-state index in [0.29, 0.717) is 0 Å². The highest BCUT2D eigenvalue weighted by Crippen LogP contribution is 2.39. The number of H-pyrrole nitrogens is 2. The van der Waals surface area contributed by atoms with Gasteiger partial charge in [0, 0.05) is 28.2 Å². The maximum absolute atomic E-state index is 6.21. The second-order valence-electron chi connectivity index (χ2n) is 5.22. The molecule has 4 rings (SSSR count). The first-order valence-electron chi connectivity index (χ1n) is 7.11. The summed E-state index contributed by atoms with van der Waals surface area (Å²) < 4.78 is 0. The van der Waals surface area contributed by atoms with Gasteiger partial charge in [0.25, 0.3) is 0 Å². The predicted octanol–water partition coefficient (Wildman–Crippen LogP) is 3.86. The molecule has 0 aliphatic heterocycles. The number of nitrogens with one attached hydrogen (secondary N) is 2. The van der Waals surface area contributed by atoms with Gasteiger partial charge in [0.05, 0.1) is 16.7 Å². The zero-order chi connectivity index (χ0) is 14.4. The van der Waals surface area contributed by atoms with Gasteiger partial charge in [-0.1, -0.05) is 37.3 Å². The highest BCUT2D eigenvalue weighted by Gasteiger charge is 2.18. The Hall–Kier alpha value is -2.75. The molecule has 0 saturated heterocycles. The van der Waals surface area contributed by atoms with Crippen molar-refractivity contribution in [3.63, 3.8) is 0 Å². The van der Waals surface area contributed by atoms with Gasteiger partial charge < -0.3 is 15.9 Å². The molecule has 104 valence electrons. The lowest BCUT2D eigenvalue weighted by Crippen LogP contribution is -1.87. The van der Waals surface area contributed by atoms with E-state index in [4.69, 9.17) is 10.7 Å². The second-order valence-corrected chi connectivity index (χ2v) is 5.22. The van der Waals surface area contributed by atoms with Crippen LogP contribution in [0.3, 0.4) is 0 Å². The maximum Gasteiger partial charge on any atom is 0.0963 e. The number of hydrogen-bond acceptors (Lipinski definition) is 2. The summed E-state index contributed by atoms with van der Waals surface area (Å²) in [4.78, 5) is 4.78. The molecule has 2 aromatic carbocycles. The van der Waals surface area contributed by atoms with Crippen LogP contribution in [0.1, 0.15) is 12.6 Å². The maximum atomic E-state index is 6.21. The molecule has 0 amide bonds. The van der Waals surface area contributed by atoms with Crippen molar-refractivity contribution in [1.29, 1.82) is 0 Å². The van der Waals surface area contributed by atoms with Gasteiger partial charge in [-0.25, -0.2) is 4.98 Å². The summed E-state index contributed by atoms with van der Waals surface area (Å²) in [6.45, 7) is 2.13. The van der Waals surface area contributed by atoms with Crippen molar-refractivity contribution in [3.05, 3.63) is 48.3 Å². The van der Waals surface area contributed by atoms with Gasteiger partial charge in [0.2, 0.25) is 0 Å². The molecule has 2 aromatic heterocycles. The number of fused-ring (bicyclic) bond motifs is 3. The first-order chi connectivity index (χ1) is 10.3. The third kappa shape index (κ3) is 1.65. The molecular weight excluding hydrogens is 260 g/mol. The SMILES string of the molecule is CCc1nc2c(N)cc3c[nH][nH]c3c2c1-c1ccccc1. The number of aromatic nitrogens is 3. The summed E-state index contributed by atoms with van der Waals surface area (Å²) in [6.07, 6.45) is 2.81. The molecule has 4 N–H and O–H groups in total. The van der Waals surface area contributed by atoms with E-state index in [-0.39, 0.29) is 0 Å². The number of nitrogen functional groups attached to an aromatic ring is 1. The van der Waals surface area contributed by atoms with Gasteiger partial charge in [-0.2, -0.15) is 0 Å². The van der Waals surface area contributed by atoms with Crippen molar-refractivity contribution in [2.24, 2.45) is 0 Å². The third-order valence-electron chi connectivity index (χ3n) is 3.97. The first kappa shape index (κ1) is 12.0. The lowest BCUT2D eigenvalue weighted by atomic mass is 9.99. The molecule has 4 nitrogen and oxygen atoms in total. The summed E-state index contributed by atoms with van der Waals surface area (Å²) in [5.74, 6) is 0. The fraction of sp³-hybridized carbons (Fsp3) is 0.118. The fourth-order valence-corrected chi connectivity index (χ4v) is 3.02. The summed E-state index contributed by atoms with van der Waals surface area (Å²) in [5.41, 5.74) is 12.3. The molecule has 0 spiro atoms. The highest BCUT2D eigenvalue weighted by molar-refractivity contribution is 6.16. The largest absolute Gasteiger partial charge is 0.397 e. The standard InChI is InChI=1S/C17H16N4/c1-2-13-14(10-6-4-3-5-7-10)15-16-11(9-19-21-16)8-12(18)17(15)20-13/h3-9,19,21H,2,18H2,1H3. The summed E-state index contributed by atoms with van der Waals surface area (Å²) >= 11 is 0. The van der Waals surface area contributed by atoms with Crippen molar-refractivity contribution in [1.82, 2.24) is 15.2 Å². The number of hydrogen-bond donors (Lipinski definition) is 3.